The van der Waals surface area contributed by atoms with Gasteiger partial charge in [0.05, 0.1) is 17.5 Å². The standard InChI is InChI=1S/C23H25BrFN5O2S/c1-4-30-21(20(14(2)3)27-22(32)15-8-6-5-7-9-15)28-29-23(30)33-13-19(31)26-18-11-10-16(24)12-17(18)25/h5-12,14,20H,4,13H2,1-3H3,(H,26,31)(H,27,32)/t20-/m0/s1. The molecule has 1 heterocycles. The maximum absolute atomic E-state index is 14.0. The number of aromatic nitrogens is 3. The van der Waals surface area contributed by atoms with Crippen molar-refractivity contribution in [3.05, 3.63) is 70.2 Å². The summed E-state index contributed by atoms with van der Waals surface area (Å²) in [6, 6.07) is 13.1. The van der Waals surface area contributed by atoms with Gasteiger partial charge in [-0.05, 0) is 43.2 Å². The molecule has 1 aromatic heterocycles. The van der Waals surface area contributed by atoms with E-state index in [0.29, 0.717) is 27.6 Å². The Morgan fingerprint density at radius 1 is 1.15 bits per heavy atom. The van der Waals surface area contributed by atoms with Crippen LogP contribution in [0.4, 0.5) is 10.1 Å². The molecule has 0 aliphatic carbocycles. The summed E-state index contributed by atoms with van der Waals surface area (Å²) in [7, 11) is 0. The van der Waals surface area contributed by atoms with E-state index in [-0.39, 0.29) is 35.2 Å². The second-order valence-electron chi connectivity index (χ2n) is 7.61. The quantitative estimate of drug-likeness (QED) is 0.375. The first-order valence-electron chi connectivity index (χ1n) is 10.5. The predicted octanol–water partition coefficient (Wildman–Crippen LogP) is 5.06. The second-order valence-corrected chi connectivity index (χ2v) is 9.47. The van der Waals surface area contributed by atoms with Gasteiger partial charge in [-0.3, -0.25) is 9.59 Å². The fourth-order valence-corrected chi connectivity index (χ4v) is 4.33. The highest BCUT2D eigenvalue weighted by atomic mass is 79.9. The molecule has 10 heteroatoms. The molecular weight excluding hydrogens is 509 g/mol. The number of nitrogens with one attached hydrogen (secondary N) is 2. The van der Waals surface area contributed by atoms with E-state index in [1.807, 2.05) is 43.5 Å². The summed E-state index contributed by atoms with van der Waals surface area (Å²) in [5, 5.41) is 14.7. The molecule has 174 valence electrons. The number of amides is 2. The lowest BCUT2D eigenvalue weighted by atomic mass is 10.0. The van der Waals surface area contributed by atoms with E-state index in [9.17, 15) is 14.0 Å². The summed E-state index contributed by atoms with van der Waals surface area (Å²) in [4.78, 5) is 25.1. The van der Waals surface area contributed by atoms with Gasteiger partial charge in [-0.25, -0.2) is 4.39 Å². The van der Waals surface area contributed by atoms with Gasteiger partial charge in [0.2, 0.25) is 5.91 Å². The fourth-order valence-electron chi connectivity index (χ4n) is 3.18. The third kappa shape index (κ3) is 6.42. The van der Waals surface area contributed by atoms with Gasteiger partial charge in [-0.1, -0.05) is 59.7 Å². The van der Waals surface area contributed by atoms with Crippen LogP contribution in [-0.4, -0.2) is 32.3 Å². The molecule has 1 atom stereocenters. The highest BCUT2D eigenvalue weighted by Gasteiger charge is 2.26. The first kappa shape index (κ1) is 24.9. The molecule has 3 aromatic rings. The number of anilines is 1. The van der Waals surface area contributed by atoms with Gasteiger partial charge in [0.25, 0.3) is 5.91 Å². The van der Waals surface area contributed by atoms with E-state index >= 15 is 0 Å². The van der Waals surface area contributed by atoms with Gasteiger partial charge < -0.3 is 15.2 Å². The van der Waals surface area contributed by atoms with E-state index in [2.05, 4.69) is 36.8 Å². The van der Waals surface area contributed by atoms with Crippen molar-refractivity contribution in [1.29, 1.82) is 0 Å². The number of nitrogens with zero attached hydrogens (tertiary/aromatic N) is 3. The Kier molecular flexibility index (Phi) is 8.62. The molecule has 0 aliphatic rings. The summed E-state index contributed by atoms with van der Waals surface area (Å²) < 4.78 is 16.5. The number of halogens is 2. The van der Waals surface area contributed by atoms with Crippen LogP contribution in [0.25, 0.3) is 0 Å². The lowest BCUT2D eigenvalue weighted by Crippen LogP contribution is -2.33. The van der Waals surface area contributed by atoms with Gasteiger partial charge in [0, 0.05) is 16.6 Å². The van der Waals surface area contributed by atoms with Gasteiger partial charge in [0.15, 0.2) is 11.0 Å². The van der Waals surface area contributed by atoms with Crippen LogP contribution < -0.4 is 10.6 Å². The van der Waals surface area contributed by atoms with Gasteiger partial charge in [-0.2, -0.15) is 0 Å². The summed E-state index contributed by atoms with van der Waals surface area (Å²) in [6.45, 7) is 6.51. The normalized spacial score (nSPS) is 11.9. The number of hydrogen-bond donors (Lipinski definition) is 2. The van der Waals surface area contributed by atoms with Crippen molar-refractivity contribution in [3.63, 3.8) is 0 Å². The molecule has 2 amide bonds. The molecule has 0 bridgehead atoms. The van der Waals surface area contributed by atoms with Crippen molar-refractivity contribution >= 4 is 45.2 Å². The Bertz CT molecular complexity index is 1120. The van der Waals surface area contributed by atoms with E-state index < -0.39 is 5.82 Å². The van der Waals surface area contributed by atoms with Crippen LogP contribution in [0.1, 0.15) is 43.0 Å². The molecule has 0 aliphatic heterocycles. The van der Waals surface area contributed by atoms with Crippen LogP contribution in [0.15, 0.2) is 58.2 Å². The van der Waals surface area contributed by atoms with Crippen molar-refractivity contribution < 1.29 is 14.0 Å². The second kappa shape index (κ2) is 11.4. The minimum atomic E-state index is -0.518. The Balaban J connectivity index is 1.70. The smallest absolute Gasteiger partial charge is 0.251 e. The SMILES string of the molecule is CCn1c(SCC(=O)Nc2ccc(Br)cc2F)nnc1[C@@H](NC(=O)c1ccccc1)C(C)C. The lowest BCUT2D eigenvalue weighted by Gasteiger charge is -2.22. The number of carbonyl (C=O) groups is 2. The molecule has 7 nitrogen and oxygen atoms in total. The minimum absolute atomic E-state index is 0.0381. The van der Waals surface area contributed by atoms with Gasteiger partial charge >= 0.3 is 0 Å². The molecule has 0 unspecified atom stereocenters. The topological polar surface area (TPSA) is 88.9 Å². The monoisotopic (exact) mass is 533 g/mol. The van der Waals surface area contributed by atoms with Crippen LogP contribution in [0, 0.1) is 11.7 Å². The van der Waals surface area contributed by atoms with Crippen molar-refractivity contribution in [1.82, 2.24) is 20.1 Å². The van der Waals surface area contributed by atoms with E-state index in [4.69, 9.17) is 0 Å². The zero-order valence-corrected chi connectivity index (χ0v) is 20.9. The van der Waals surface area contributed by atoms with Crippen LogP contribution >= 0.6 is 27.7 Å². The number of hydrogen-bond acceptors (Lipinski definition) is 5. The molecule has 0 spiro atoms. The van der Waals surface area contributed by atoms with E-state index in [0.717, 1.165) is 0 Å². The first-order chi connectivity index (χ1) is 15.8. The summed E-state index contributed by atoms with van der Waals surface area (Å²) >= 11 is 4.40. The fraction of sp³-hybridized carbons (Fsp3) is 0.304. The van der Waals surface area contributed by atoms with Crippen molar-refractivity contribution in [2.24, 2.45) is 5.92 Å². The van der Waals surface area contributed by atoms with Crippen LogP contribution in [0.2, 0.25) is 0 Å². The third-order valence-corrected chi connectivity index (χ3v) is 6.33. The molecule has 0 saturated carbocycles. The largest absolute Gasteiger partial charge is 0.342 e. The number of carbonyl (C=O) groups excluding carboxylic acids is 2. The van der Waals surface area contributed by atoms with Crippen LogP contribution in [-0.2, 0) is 11.3 Å². The zero-order chi connectivity index (χ0) is 24.0. The third-order valence-electron chi connectivity index (χ3n) is 4.87. The van der Waals surface area contributed by atoms with E-state index in [1.54, 1.807) is 18.2 Å². The molecular formula is C23H25BrFN5O2S. The molecule has 2 aromatic carbocycles. The Morgan fingerprint density at radius 3 is 2.52 bits per heavy atom. The number of benzene rings is 2. The van der Waals surface area contributed by atoms with Crippen LogP contribution in [0.3, 0.4) is 0 Å². The Hall–Kier alpha value is -2.72. The molecule has 0 radical (unpaired) electrons. The molecule has 3 rings (SSSR count). The Morgan fingerprint density at radius 2 is 1.88 bits per heavy atom. The summed E-state index contributed by atoms with van der Waals surface area (Å²) in [6.07, 6.45) is 0. The molecule has 33 heavy (non-hydrogen) atoms. The number of rotatable bonds is 9. The molecule has 0 fully saturated rings. The first-order valence-corrected chi connectivity index (χ1v) is 12.2. The van der Waals surface area contributed by atoms with Crippen molar-refractivity contribution in [3.8, 4) is 0 Å². The highest BCUT2D eigenvalue weighted by molar-refractivity contribution is 9.10. The average molecular weight is 534 g/mol. The maximum atomic E-state index is 14.0. The lowest BCUT2D eigenvalue weighted by molar-refractivity contribution is -0.113. The van der Waals surface area contributed by atoms with Gasteiger partial charge in [0.1, 0.15) is 5.82 Å². The number of thioether (sulfide) groups is 1. The maximum Gasteiger partial charge on any atom is 0.251 e. The van der Waals surface area contributed by atoms with Crippen LogP contribution in [0.5, 0.6) is 0 Å². The molecule has 2 N–H and O–H groups in total. The molecule has 0 saturated heterocycles. The van der Waals surface area contributed by atoms with E-state index in [1.165, 1.54) is 23.9 Å². The van der Waals surface area contributed by atoms with Gasteiger partial charge in [-0.15, -0.1) is 10.2 Å². The highest BCUT2D eigenvalue weighted by Crippen LogP contribution is 2.26. The Labute approximate surface area is 204 Å². The predicted molar refractivity (Wildman–Crippen MR) is 131 cm³/mol. The average Bonchev–Trinajstić information content (AvgIpc) is 3.20. The zero-order valence-electron chi connectivity index (χ0n) is 18.5. The summed E-state index contributed by atoms with van der Waals surface area (Å²) in [5.41, 5.74) is 0.683. The summed E-state index contributed by atoms with van der Waals surface area (Å²) in [5.74, 6) is -0.338. The van der Waals surface area contributed by atoms with Crippen molar-refractivity contribution in [2.45, 2.75) is 38.5 Å². The minimum Gasteiger partial charge on any atom is -0.342 e. The van der Waals surface area contributed by atoms with Crippen molar-refractivity contribution in [2.75, 3.05) is 11.1 Å².